The molecule has 0 spiro atoms. The van der Waals surface area contributed by atoms with Crippen LogP contribution in [0, 0.1) is 11.6 Å². The monoisotopic (exact) mass is 251 g/mol. The summed E-state index contributed by atoms with van der Waals surface area (Å²) in [6.07, 6.45) is 3.34. The number of hydrogen-bond donors (Lipinski definition) is 1. The van der Waals surface area contributed by atoms with E-state index in [4.69, 9.17) is 0 Å². The van der Waals surface area contributed by atoms with Crippen LogP contribution in [0.3, 0.4) is 0 Å². The van der Waals surface area contributed by atoms with Crippen LogP contribution in [0.2, 0.25) is 0 Å². The number of nitrogens with zero attached hydrogens (tertiary/aromatic N) is 2. The summed E-state index contributed by atoms with van der Waals surface area (Å²) in [6, 6.07) is 5.06. The molecule has 0 saturated heterocycles. The molecule has 1 amide bonds. The average Bonchev–Trinajstić information content (AvgIpc) is 2.82. The van der Waals surface area contributed by atoms with E-state index in [1.165, 1.54) is 6.07 Å². The SMILES string of the molecule is O=C(NCCn1cccn1)c1c(F)cccc1F. The van der Waals surface area contributed by atoms with E-state index in [0.29, 0.717) is 6.54 Å². The molecular weight excluding hydrogens is 240 g/mol. The van der Waals surface area contributed by atoms with E-state index in [-0.39, 0.29) is 6.54 Å². The highest BCUT2D eigenvalue weighted by Crippen LogP contribution is 2.11. The van der Waals surface area contributed by atoms with Gasteiger partial charge in [0.1, 0.15) is 17.2 Å². The standard InChI is InChI=1S/C12H11F2N3O/c13-9-3-1-4-10(14)11(9)12(18)15-6-8-17-7-2-5-16-17/h1-5,7H,6,8H2,(H,15,18). The van der Waals surface area contributed by atoms with Crippen LogP contribution in [-0.2, 0) is 6.54 Å². The molecular formula is C12H11F2N3O. The smallest absolute Gasteiger partial charge is 0.257 e. The molecule has 4 nitrogen and oxygen atoms in total. The number of aromatic nitrogens is 2. The topological polar surface area (TPSA) is 46.9 Å². The van der Waals surface area contributed by atoms with E-state index in [1.54, 1.807) is 23.1 Å². The molecule has 18 heavy (non-hydrogen) atoms. The Balaban J connectivity index is 1.96. The largest absolute Gasteiger partial charge is 0.350 e. The van der Waals surface area contributed by atoms with E-state index >= 15 is 0 Å². The molecule has 0 aliphatic heterocycles. The average molecular weight is 251 g/mol. The number of carbonyl (C=O) groups is 1. The molecule has 0 fully saturated rings. The van der Waals surface area contributed by atoms with Gasteiger partial charge < -0.3 is 5.32 Å². The molecule has 1 aromatic heterocycles. The summed E-state index contributed by atoms with van der Waals surface area (Å²) in [5, 5.41) is 6.38. The second-order valence-corrected chi connectivity index (χ2v) is 3.62. The first-order valence-corrected chi connectivity index (χ1v) is 5.38. The Morgan fingerprint density at radius 2 is 2.00 bits per heavy atom. The maximum absolute atomic E-state index is 13.3. The molecule has 0 aliphatic rings. The Hall–Kier alpha value is -2.24. The highest BCUT2D eigenvalue weighted by Gasteiger charge is 2.16. The van der Waals surface area contributed by atoms with Gasteiger partial charge in [0.15, 0.2) is 0 Å². The second-order valence-electron chi connectivity index (χ2n) is 3.62. The normalized spacial score (nSPS) is 10.3. The first kappa shape index (κ1) is 12.2. The van der Waals surface area contributed by atoms with Crippen LogP contribution in [0.1, 0.15) is 10.4 Å². The van der Waals surface area contributed by atoms with Crippen molar-refractivity contribution in [3.8, 4) is 0 Å². The third-order valence-electron chi connectivity index (χ3n) is 2.38. The molecule has 0 unspecified atom stereocenters. The number of nitrogens with one attached hydrogen (secondary N) is 1. The number of hydrogen-bond acceptors (Lipinski definition) is 2. The summed E-state index contributed by atoms with van der Waals surface area (Å²) in [6.45, 7) is 0.684. The number of carbonyl (C=O) groups excluding carboxylic acids is 1. The summed E-state index contributed by atoms with van der Waals surface area (Å²) in [5.74, 6) is -2.50. The molecule has 0 bridgehead atoms. The summed E-state index contributed by atoms with van der Waals surface area (Å²) in [7, 11) is 0. The van der Waals surface area contributed by atoms with Crippen LogP contribution in [0.25, 0.3) is 0 Å². The van der Waals surface area contributed by atoms with Crippen molar-refractivity contribution in [3.63, 3.8) is 0 Å². The number of benzene rings is 1. The first-order chi connectivity index (χ1) is 8.68. The molecule has 94 valence electrons. The lowest BCUT2D eigenvalue weighted by atomic mass is 10.2. The molecule has 0 aliphatic carbocycles. The maximum Gasteiger partial charge on any atom is 0.257 e. The minimum Gasteiger partial charge on any atom is -0.350 e. The predicted octanol–water partition coefficient (Wildman–Crippen LogP) is 1.59. The van der Waals surface area contributed by atoms with Gasteiger partial charge in [-0.3, -0.25) is 9.48 Å². The Morgan fingerprint density at radius 1 is 1.28 bits per heavy atom. The van der Waals surface area contributed by atoms with Gasteiger partial charge in [-0.15, -0.1) is 0 Å². The van der Waals surface area contributed by atoms with Crippen molar-refractivity contribution in [2.45, 2.75) is 6.54 Å². The second kappa shape index (κ2) is 5.39. The van der Waals surface area contributed by atoms with Gasteiger partial charge in [0, 0.05) is 18.9 Å². The van der Waals surface area contributed by atoms with Gasteiger partial charge in [0.05, 0.1) is 6.54 Å². The van der Waals surface area contributed by atoms with Crippen molar-refractivity contribution >= 4 is 5.91 Å². The van der Waals surface area contributed by atoms with Crippen molar-refractivity contribution in [2.24, 2.45) is 0 Å². The zero-order valence-corrected chi connectivity index (χ0v) is 9.44. The summed E-state index contributed by atoms with van der Waals surface area (Å²) >= 11 is 0. The first-order valence-electron chi connectivity index (χ1n) is 5.38. The quantitative estimate of drug-likeness (QED) is 0.897. The Labute approximate surface area is 102 Å². The fraction of sp³-hybridized carbons (Fsp3) is 0.167. The van der Waals surface area contributed by atoms with Crippen LogP contribution in [0.15, 0.2) is 36.7 Å². The van der Waals surface area contributed by atoms with Gasteiger partial charge in [-0.05, 0) is 18.2 Å². The van der Waals surface area contributed by atoms with Gasteiger partial charge in [0.25, 0.3) is 5.91 Å². The Morgan fingerprint density at radius 3 is 2.61 bits per heavy atom. The van der Waals surface area contributed by atoms with Gasteiger partial charge in [-0.25, -0.2) is 8.78 Å². The molecule has 0 atom stereocenters. The lowest BCUT2D eigenvalue weighted by Crippen LogP contribution is -2.29. The third kappa shape index (κ3) is 2.71. The van der Waals surface area contributed by atoms with Crippen molar-refractivity contribution in [3.05, 3.63) is 53.9 Å². The molecule has 1 N–H and O–H groups in total. The van der Waals surface area contributed by atoms with E-state index in [0.717, 1.165) is 12.1 Å². The van der Waals surface area contributed by atoms with E-state index in [2.05, 4.69) is 10.4 Å². The lowest BCUT2D eigenvalue weighted by molar-refractivity contribution is 0.0943. The van der Waals surface area contributed by atoms with E-state index in [1.807, 2.05) is 0 Å². The molecule has 2 aromatic rings. The zero-order chi connectivity index (χ0) is 13.0. The lowest BCUT2D eigenvalue weighted by Gasteiger charge is -2.07. The fourth-order valence-corrected chi connectivity index (χ4v) is 1.52. The zero-order valence-electron chi connectivity index (χ0n) is 9.44. The highest BCUT2D eigenvalue weighted by atomic mass is 19.1. The van der Waals surface area contributed by atoms with Crippen LogP contribution in [-0.4, -0.2) is 22.2 Å². The number of halogens is 2. The Kier molecular flexibility index (Phi) is 3.66. The highest BCUT2D eigenvalue weighted by molar-refractivity contribution is 5.94. The number of amides is 1. The summed E-state index contributed by atoms with van der Waals surface area (Å²) in [5.41, 5.74) is -0.557. The van der Waals surface area contributed by atoms with Crippen LogP contribution in [0.4, 0.5) is 8.78 Å². The minimum atomic E-state index is -0.869. The summed E-state index contributed by atoms with van der Waals surface area (Å²) in [4.78, 5) is 11.6. The van der Waals surface area contributed by atoms with Gasteiger partial charge in [-0.1, -0.05) is 6.07 Å². The molecule has 2 rings (SSSR count). The molecule has 1 aromatic carbocycles. The van der Waals surface area contributed by atoms with Crippen LogP contribution < -0.4 is 5.32 Å². The van der Waals surface area contributed by atoms with E-state index in [9.17, 15) is 13.6 Å². The van der Waals surface area contributed by atoms with Crippen molar-refractivity contribution in [2.75, 3.05) is 6.54 Å². The van der Waals surface area contributed by atoms with Crippen molar-refractivity contribution in [1.82, 2.24) is 15.1 Å². The van der Waals surface area contributed by atoms with Gasteiger partial charge in [-0.2, -0.15) is 5.10 Å². The fourth-order valence-electron chi connectivity index (χ4n) is 1.52. The number of rotatable bonds is 4. The van der Waals surface area contributed by atoms with Gasteiger partial charge >= 0.3 is 0 Å². The Bertz CT molecular complexity index is 520. The van der Waals surface area contributed by atoms with E-state index < -0.39 is 23.1 Å². The van der Waals surface area contributed by atoms with Crippen molar-refractivity contribution in [1.29, 1.82) is 0 Å². The predicted molar refractivity (Wildman–Crippen MR) is 60.9 cm³/mol. The molecule has 6 heteroatoms. The molecule has 1 heterocycles. The third-order valence-corrected chi connectivity index (χ3v) is 2.38. The van der Waals surface area contributed by atoms with Crippen LogP contribution in [0.5, 0.6) is 0 Å². The maximum atomic E-state index is 13.3. The molecule has 0 radical (unpaired) electrons. The molecule has 0 saturated carbocycles. The minimum absolute atomic E-state index is 0.244. The van der Waals surface area contributed by atoms with Gasteiger partial charge in [0.2, 0.25) is 0 Å². The summed E-state index contributed by atoms with van der Waals surface area (Å²) < 4.78 is 28.2. The van der Waals surface area contributed by atoms with Crippen molar-refractivity contribution < 1.29 is 13.6 Å². The van der Waals surface area contributed by atoms with Crippen LogP contribution >= 0.6 is 0 Å².